The lowest BCUT2D eigenvalue weighted by Gasteiger charge is -1.88. The molecule has 0 aromatic carbocycles. The molecule has 0 unspecified atom stereocenters. The van der Waals surface area contributed by atoms with Crippen LogP contribution in [0.25, 0.3) is 9.88 Å². The molecule has 72 valence electrons. The Kier molecular flexibility index (Phi) is 2.74. The highest BCUT2D eigenvalue weighted by Crippen LogP contribution is 2.28. The van der Waals surface area contributed by atoms with Gasteiger partial charge in [0.05, 0.1) is 4.88 Å². The molecule has 0 fully saturated rings. The Hall–Kier alpha value is -1.00. The molecule has 2 rings (SSSR count). The molecule has 0 saturated carbocycles. The van der Waals surface area contributed by atoms with Crippen LogP contribution >= 0.6 is 22.7 Å². The summed E-state index contributed by atoms with van der Waals surface area (Å²) in [6.07, 6.45) is 2.30. The smallest absolute Gasteiger partial charge is 0.135 e. The number of ketones is 1. The lowest BCUT2D eigenvalue weighted by Crippen LogP contribution is -1.92. The van der Waals surface area contributed by atoms with E-state index < -0.39 is 0 Å². The van der Waals surface area contributed by atoms with Crippen LogP contribution in [0.15, 0.2) is 23.7 Å². The molecule has 0 amide bonds. The number of hydrogen-bond donors (Lipinski definition) is 0. The number of carbonyl (C=O) groups excluding carboxylic acids is 1. The number of nitrogens with zero attached hydrogens (tertiary/aromatic N) is 1. The van der Waals surface area contributed by atoms with Gasteiger partial charge in [-0.25, -0.2) is 4.98 Å². The molecule has 0 saturated heterocycles. The summed E-state index contributed by atoms with van der Waals surface area (Å²) in [6.45, 7) is 1.60. The predicted octanol–water partition coefficient (Wildman–Crippen LogP) is 3.00. The number of hydrogen-bond acceptors (Lipinski definition) is 4. The first-order chi connectivity index (χ1) is 6.75. The Balaban J connectivity index is 2.22. The molecule has 0 N–H and O–H groups in total. The van der Waals surface area contributed by atoms with Gasteiger partial charge in [-0.3, -0.25) is 4.79 Å². The van der Waals surface area contributed by atoms with E-state index in [4.69, 9.17) is 0 Å². The second-order valence-electron chi connectivity index (χ2n) is 2.99. The summed E-state index contributed by atoms with van der Waals surface area (Å²) in [5.74, 6) is 0.186. The monoisotopic (exact) mass is 223 g/mol. The van der Waals surface area contributed by atoms with Gasteiger partial charge in [0.15, 0.2) is 0 Å². The molecule has 0 spiro atoms. The number of carbonyl (C=O) groups is 1. The van der Waals surface area contributed by atoms with E-state index in [0.29, 0.717) is 6.42 Å². The molecule has 0 radical (unpaired) electrons. The van der Waals surface area contributed by atoms with Crippen molar-refractivity contribution >= 4 is 28.5 Å². The first-order valence-corrected chi connectivity index (χ1v) is 5.93. The Bertz CT molecular complexity index is 431. The van der Waals surface area contributed by atoms with E-state index in [1.807, 2.05) is 17.5 Å². The van der Waals surface area contributed by atoms with Crippen LogP contribution in [0.2, 0.25) is 0 Å². The summed E-state index contributed by atoms with van der Waals surface area (Å²) >= 11 is 3.27. The van der Waals surface area contributed by atoms with Gasteiger partial charge in [0, 0.05) is 17.5 Å². The molecule has 0 aliphatic rings. The van der Waals surface area contributed by atoms with Gasteiger partial charge in [-0.05, 0) is 18.4 Å². The summed E-state index contributed by atoms with van der Waals surface area (Å²) < 4.78 is 0. The van der Waals surface area contributed by atoms with Crippen LogP contribution in [0.3, 0.4) is 0 Å². The fourth-order valence-electron chi connectivity index (χ4n) is 1.15. The van der Waals surface area contributed by atoms with Crippen LogP contribution < -0.4 is 0 Å². The normalized spacial score (nSPS) is 10.4. The molecule has 2 nitrogen and oxygen atoms in total. The largest absolute Gasteiger partial charge is 0.300 e. The molecule has 2 heterocycles. The Morgan fingerprint density at radius 3 is 3.07 bits per heavy atom. The Labute approximate surface area is 90.2 Å². The lowest BCUT2D eigenvalue weighted by molar-refractivity contribution is -0.116. The van der Waals surface area contributed by atoms with Crippen LogP contribution in [0, 0.1) is 0 Å². The molecule has 14 heavy (non-hydrogen) atoms. The number of thiophene rings is 1. The van der Waals surface area contributed by atoms with Gasteiger partial charge in [-0.1, -0.05) is 6.07 Å². The Morgan fingerprint density at radius 1 is 1.57 bits per heavy atom. The minimum atomic E-state index is 0.186. The van der Waals surface area contributed by atoms with Crippen molar-refractivity contribution in [3.05, 3.63) is 28.6 Å². The van der Waals surface area contributed by atoms with E-state index in [0.717, 1.165) is 9.88 Å². The summed E-state index contributed by atoms with van der Waals surface area (Å²) in [5, 5.41) is 3.04. The second-order valence-corrected chi connectivity index (χ2v) is 5.05. The highest BCUT2D eigenvalue weighted by molar-refractivity contribution is 7.21. The zero-order valence-electron chi connectivity index (χ0n) is 7.69. The van der Waals surface area contributed by atoms with Crippen LogP contribution in [0.5, 0.6) is 0 Å². The maximum atomic E-state index is 10.9. The summed E-state index contributed by atoms with van der Waals surface area (Å²) in [7, 11) is 0. The van der Waals surface area contributed by atoms with Crippen molar-refractivity contribution in [2.24, 2.45) is 0 Å². The summed E-state index contributed by atoms with van der Waals surface area (Å²) in [4.78, 5) is 17.4. The van der Waals surface area contributed by atoms with Gasteiger partial charge in [-0.15, -0.1) is 22.7 Å². The van der Waals surface area contributed by atoms with Crippen LogP contribution in [0.4, 0.5) is 0 Å². The van der Waals surface area contributed by atoms with Crippen LogP contribution in [0.1, 0.15) is 11.8 Å². The van der Waals surface area contributed by atoms with E-state index in [-0.39, 0.29) is 5.78 Å². The fraction of sp³-hybridized carbons (Fsp3) is 0.200. The van der Waals surface area contributed by atoms with Crippen molar-refractivity contribution in [3.63, 3.8) is 0 Å². The third-order valence-corrected chi connectivity index (χ3v) is 3.75. The van der Waals surface area contributed by atoms with E-state index in [9.17, 15) is 4.79 Å². The Morgan fingerprint density at radius 2 is 2.43 bits per heavy atom. The molecular formula is C10H9NOS2. The van der Waals surface area contributed by atoms with E-state index in [2.05, 4.69) is 4.98 Å². The number of thiazole rings is 1. The standard InChI is InChI=1S/C10H9NOS2/c1-7(12)5-8-6-11-10(14-8)9-3-2-4-13-9/h2-4,6H,5H2,1H3. The van der Waals surface area contributed by atoms with Crippen molar-refractivity contribution in [1.29, 1.82) is 0 Å². The summed E-state index contributed by atoms with van der Waals surface area (Å²) in [5.41, 5.74) is 0. The predicted molar refractivity (Wildman–Crippen MR) is 59.8 cm³/mol. The molecule has 2 aromatic heterocycles. The van der Waals surface area contributed by atoms with Gasteiger partial charge in [0.2, 0.25) is 0 Å². The van der Waals surface area contributed by atoms with Crippen molar-refractivity contribution in [3.8, 4) is 9.88 Å². The minimum Gasteiger partial charge on any atom is -0.300 e. The van der Waals surface area contributed by atoms with Crippen molar-refractivity contribution in [2.75, 3.05) is 0 Å². The second kappa shape index (κ2) is 4.02. The molecule has 2 aromatic rings. The number of rotatable bonds is 3. The molecule has 0 aliphatic carbocycles. The number of aromatic nitrogens is 1. The highest BCUT2D eigenvalue weighted by atomic mass is 32.1. The van der Waals surface area contributed by atoms with E-state index >= 15 is 0 Å². The SMILES string of the molecule is CC(=O)Cc1cnc(-c2cccs2)s1. The minimum absolute atomic E-state index is 0.186. The van der Waals surface area contributed by atoms with Gasteiger partial charge < -0.3 is 0 Å². The average Bonchev–Trinajstić information content (AvgIpc) is 2.69. The lowest BCUT2D eigenvalue weighted by atomic mass is 10.3. The first-order valence-electron chi connectivity index (χ1n) is 4.24. The quantitative estimate of drug-likeness (QED) is 0.800. The van der Waals surface area contributed by atoms with Crippen molar-refractivity contribution < 1.29 is 4.79 Å². The van der Waals surface area contributed by atoms with E-state index in [1.54, 1.807) is 35.8 Å². The fourth-order valence-corrected chi connectivity index (χ4v) is 2.94. The van der Waals surface area contributed by atoms with Crippen molar-refractivity contribution in [1.82, 2.24) is 4.98 Å². The van der Waals surface area contributed by atoms with E-state index in [1.165, 1.54) is 4.88 Å². The van der Waals surface area contributed by atoms with Crippen molar-refractivity contribution in [2.45, 2.75) is 13.3 Å². The zero-order valence-corrected chi connectivity index (χ0v) is 9.32. The van der Waals surface area contributed by atoms with Gasteiger partial charge in [0.1, 0.15) is 10.8 Å². The van der Waals surface area contributed by atoms with Crippen LogP contribution in [-0.2, 0) is 11.2 Å². The molecular weight excluding hydrogens is 214 g/mol. The van der Waals surface area contributed by atoms with Gasteiger partial charge >= 0.3 is 0 Å². The third kappa shape index (κ3) is 2.08. The zero-order chi connectivity index (χ0) is 9.97. The van der Waals surface area contributed by atoms with Gasteiger partial charge in [0.25, 0.3) is 0 Å². The maximum Gasteiger partial charge on any atom is 0.135 e. The highest BCUT2D eigenvalue weighted by Gasteiger charge is 2.06. The third-order valence-electron chi connectivity index (χ3n) is 1.71. The van der Waals surface area contributed by atoms with Crippen LogP contribution in [-0.4, -0.2) is 10.8 Å². The summed E-state index contributed by atoms with van der Waals surface area (Å²) in [6, 6.07) is 4.05. The molecule has 0 atom stereocenters. The topological polar surface area (TPSA) is 30.0 Å². The number of Topliss-reactive ketones (excluding diaryl/α,β-unsaturated/α-hetero) is 1. The average molecular weight is 223 g/mol. The first kappa shape index (κ1) is 9.55. The molecule has 4 heteroatoms. The molecule has 0 bridgehead atoms. The maximum absolute atomic E-state index is 10.9. The van der Waals surface area contributed by atoms with Gasteiger partial charge in [-0.2, -0.15) is 0 Å². The molecule has 0 aliphatic heterocycles.